The van der Waals surface area contributed by atoms with E-state index in [4.69, 9.17) is 21.1 Å². The second-order valence-electron chi connectivity index (χ2n) is 7.65. The number of aromatic nitrogens is 1. The minimum Gasteiger partial charge on any atom is -0.458 e. The van der Waals surface area contributed by atoms with Crippen molar-refractivity contribution in [3.8, 4) is 5.75 Å². The smallest absolute Gasteiger partial charge is 0.338 e. The van der Waals surface area contributed by atoms with Crippen LogP contribution in [-0.2, 0) is 14.3 Å². The normalized spacial score (nSPS) is 15.3. The topological polar surface area (TPSA) is 87.0 Å². The molecule has 1 aliphatic heterocycles. The molecule has 1 unspecified atom stereocenters. The van der Waals surface area contributed by atoms with Gasteiger partial charge in [0.2, 0.25) is 0 Å². The highest BCUT2D eigenvalue weighted by Crippen LogP contribution is 2.31. The van der Waals surface area contributed by atoms with E-state index in [2.05, 4.69) is 11.6 Å². The maximum Gasteiger partial charge on any atom is 0.338 e. The van der Waals surface area contributed by atoms with E-state index in [1.807, 2.05) is 18.2 Å². The number of hydrogen-bond acceptors (Lipinski definition) is 7. The Morgan fingerprint density at radius 2 is 1.91 bits per heavy atom. The fourth-order valence-corrected chi connectivity index (χ4v) is 4.96. The zero-order valence-electron chi connectivity index (χ0n) is 19.0. The summed E-state index contributed by atoms with van der Waals surface area (Å²) in [5, 5.41) is 0.515. The molecule has 0 radical (unpaired) electrons. The molecular weight excluding hydrogens is 488 g/mol. The lowest BCUT2D eigenvalue weighted by Gasteiger charge is -2.24. The van der Waals surface area contributed by atoms with Gasteiger partial charge in [-0.3, -0.25) is 14.2 Å². The van der Waals surface area contributed by atoms with E-state index < -0.39 is 18.0 Å². The first-order valence-electron chi connectivity index (χ1n) is 10.6. The van der Waals surface area contributed by atoms with E-state index in [1.165, 1.54) is 28.9 Å². The number of ether oxygens (including phenoxy) is 2. The van der Waals surface area contributed by atoms with Gasteiger partial charge < -0.3 is 9.47 Å². The van der Waals surface area contributed by atoms with Crippen molar-refractivity contribution in [1.82, 2.24) is 4.57 Å². The molecule has 1 atom stereocenters. The van der Waals surface area contributed by atoms with Crippen LogP contribution in [0.5, 0.6) is 5.75 Å². The third kappa shape index (κ3) is 5.03. The minimum absolute atomic E-state index is 0.0185. The Morgan fingerprint density at radius 1 is 1.20 bits per heavy atom. The molecule has 2 heterocycles. The molecule has 3 aromatic rings. The number of benzene rings is 2. The Bertz CT molecular complexity index is 1530. The Labute approximate surface area is 209 Å². The first-order valence-corrected chi connectivity index (χ1v) is 11.8. The van der Waals surface area contributed by atoms with Gasteiger partial charge >= 0.3 is 11.9 Å². The molecule has 0 aliphatic carbocycles. The third-order valence-corrected chi connectivity index (χ3v) is 6.55. The Hall–Kier alpha value is -3.75. The molecule has 0 bridgehead atoms. The lowest BCUT2D eigenvalue weighted by Crippen LogP contribution is -2.39. The number of hydrogen-bond donors (Lipinski definition) is 0. The summed E-state index contributed by atoms with van der Waals surface area (Å²) in [6.07, 6.45) is 3.18. The van der Waals surface area contributed by atoms with Crippen LogP contribution in [0.1, 0.15) is 31.0 Å². The molecule has 7 nitrogen and oxygen atoms in total. The van der Waals surface area contributed by atoms with Crippen molar-refractivity contribution in [2.45, 2.75) is 19.9 Å². The van der Waals surface area contributed by atoms with Crippen LogP contribution < -0.4 is 19.6 Å². The first kappa shape index (κ1) is 24.4. The summed E-state index contributed by atoms with van der Waals surface area (Å²) < 4.78 is 12.3. The largest absolute Gasteiger partial charge is 0.458 e. The van der Waals surface area contributed by atoms with E-state index >= 15 is 0 Å². The number of rotatable bonds is 6. The number of carbonyl (C=O) groups is 2. The molecule has 1 aliphatic rings. The van der Waals surface area contributed by atoms with Gasteiger partial charge in [-0.15, -0.1) is 0 Å². The Kier molecular flexibility index (Phi) is 7.14. The molecule has 0 saturated carbocycles. The molecule has 178 valence electrons. The summed E-state index contributed by atoms with van der Waals surface area (Å²) in [6.45, 7) is 6.61. The Morgan fingerprint density at radius 3 is 2.57 bits per heavy atom. The van der Waals surface area contributed by atoms with Crippen molar-refractivity contribution < 1.29 is 19.1 Å². The second-order valence-corrected chi connectivity index (χ2v) is 9.07. The highest BCUT2D eigenvalue weighted by molar-refractivity contribution is 7.07. The highest BCUT2D eigenvalue weighted by Gasteiger charge is 2.33. The van der Waals surface area contributed by atoms with Gasteiger partial charge in [-0.25, -0.2) is 9.79 Å². The lowest BCUT2D eigenvalue weighted by molar-refractivity contribution is -0.138. The third-order valence-electron chi connectivity index (χ3n) is 5.22. The summed E-state index contributed by atoms with van der Waals surface area (Å²) in [5.74, 6) is -0.695. The van der Waals surface area contributed by atoms with Gasteiger partial charge in [0, 0.05) is 11.9 Å². The SMILES string of the molecule is C=CCOC(=O)C1=C(C)N=c2sc(=Cc3ccccc3Cl)c(=O)n2C1c1ccc(OC(C)=O)cc1. The lowest BCUT2D eigenvalue weighted by atomic mass is 9.96. The number of halogens is 1. The number of allylic oxidation sites excluding steroid dienone is 1. The maximum absolute atomic E-state index is 13.6. The number of thiazole rings is 1. The van der Waals surface area contributed by atoms with Gasteiger partial charge in [-0.05, 0) is 42.3 Å². The summed E-state index contributed by atoms with van der Waals surface area (Å²) in [5.41, 5.74) is 1.70. The molecule has 4 rings (SSSR count). The Balaban J connectivity index is 1.91. The van der Waals surface area contributed by atoms with Crippen LogP contribution in [0.25, 0.3) is 6.08 Å². The van der Waals surface area contributed by atoms with Gasteiger partial charge in [0.1, 0.15) is 12.4 Å². The van der Waals surface area contributed by atoms with Crippen LogP contribution in [0.2, 0.25) is 5.02 Å². The van der Waals surface area contributed by atoms with Crippen molar-refractivity contribution >= 4 is 41.0 Å². The molecule has 0 spiro atoms. The number of fused-ring (bicyclic) bond motifs is 1. The molecule has 0 fully saturated rings. The minimum atomic E-state index is -0.789. The van der Waals surface area contributed by atoms with Crippen LogP contribution in [0.3, 0.4) is 0 Å². The van der Waals surface area contributed by atoms with E-state index in [1.54, 1.807) is 43.3 Å². The van der Waals surface area contributed by atoms with E-state index in [-0.39, 0.29) is 17.7 Å². The molecule has 0 saturated heterocycles. The van der Waals surface area contributed by atoms with Gasteiger partial charge in [0.15, 0.2) is 4.80 Å². The van der Waals surface area contributed by atoms with Crippen molar-refractivity contribution in [2.24, 2.45) is 4.99 Å². The quantitative estimate of drug-likeness (QED) is 0.289. The predicted octanol–water partition coefficient (Wildman–Crippen LogP) is 3.54. The van der Waals surface area contributed by atoms with Crippen LogP contribution >= 0.6 is 22.9 Å². The summed E-state index contributed by atoms with van der Waals surface area (Å²) in [6, 6.07) is 13.0. The zero-order valence-corrected chi connectivity index (χ0v) is 20.6. The van der Waals surface area contributed by atoms with Crippen molar-refractivity contribution in [2.75, 3.05) is 6.61 Å². The standard InChI is InChI=1S/C26H21ClN2O5S/c1-4-13-33-25(32)22-15(2)28-26-29(23(22)17-9-11-19(12-10-17)34-16(3)30)24(31)21(35-26)14-18-7-5-6-8-20(18)27/h4-12,14,23H,1,13H2,2-3H3. The average molecular weight is 509 g/mol. The molecular formula is C26H21ClN2O5S. The van der Waals surface area contributed by atoms with Crippen molar-refractivity contribution in [1.29, 1.82) is 0 Å². The van der Waals surface area contributed by atoms with Gasteiger partial charge in [0.05, 0.1) is 21.8 Å². The molecule has 9 heteroatoms. The summed E-state index contributed by atoms with van der Waals surface area (Å²) in [4.78, 5) is 42.9. The van der Waals surface area contributed by atoms with Gasteiger partial charge in [-0.1, -0.05) is 65.9 Å². The highest BCUT2D eigenvalue weighted by atomic mass is 35.5. The summed E-state index contributed by atoms with van der Waals surface area (Å²) >= 11 is 7.50. The molecule has 1 aromatic heterocycles. The van der Waals surface area contributed by atoms with E-state index in [9.17, 15) is 14.4 Å². The average Bonchev–Trinajstić information content (AvgIpc) is 3.12. The number of nitrogens with zero attached hydrogens (tertiary/aromatic N) is 2. The molecule has 2 aromatic carbocycles. The van der Waals surface area contributed by atoms with E-state index in [0.29, 0.717) is 36.9 Å². The zero-order chi connectivity index (χ0) is 25.1. The first-order chi connectivity index (χ1) is 16.8. The van der Waals surface area contributed by atoms with Crippen molar-refractivity contribution in [3.05, 3.63) is 108 Å². The van der Waals surface area contributed by atoms with Crippen LogP contribution in [0.4, 0.5) is 0 Å². The van der Waals surface area contributed by atoms with Crippen LogP contribution in [0.15, 0.2) is 82.2 Å². The fourth-order valence-electron chi connectivity index (χ4n) is 3.73. The predicted molar refractivity (Wildman–Crippen MR) is 134 cm³/mol. The monoisotopic (exact) mass is 508 g/mol. The second kappa shape index (κ2) is 10.2. The number of esters is 2. The van der Waals surface area contributed by atoms with E-state index in [0.717, 1.165) is 0 Å². The number of carbonyl (C=O) groups excluding carboxylic acids is 2. The van der Waals surface area contributed by atoms with Crippen LogP contribution in [0, 0.1) is 0 Å². The molecule has 0 N–H and O–H groups in total. The van der Waals surface area contributed by atoms with Crippen molar-refractivity contribution in [3.63, 3.8) is 0 Å². The molecule has 0 amide bonds. The van der Waals surface area contributed by atoms with Crippen LogP contribution in [-0.4, -0.2) is 23.1 Å². The molecule has 35 heavy (non-hydrogen) atoms. The van der Waals surface area contributed by atoms with Gasteiger partial charge in [0.25, 0.3) is 5.56 Å². The summed E-state index contributed by atoms with van der Waals surface area (Å²) in [7, 11) is 0. The fraction of sp³-hybridized carbons (Fsp3) is 0.154. The maximum atomic E-state index is 13.6. The van der Waals surface area contributed by atoms with Gasteiger partial charge in [-0.2, -0.15) is 0 Å².